The third-order valence-electron chi connectivity index (χ3n) is 3.94. The van der Waals surface area contributed by atoms with Gasteiger partial charge in [0.15, 0.2) is 0 Å². The molecule has 2 unspecified atom stereocenters. The topological polar surface area (TPSA) is 12.0 Å². The van der Waals surface area contributed by atoms with E-state index in [2.05, 4.69) is 12.2 Å². The lowest BCUT2D eigenvalue weighted by atomic mass is 10.0. The van der Waals surface area contributed by atoms with Crippen LogP contribution in [-0.2, 0) is 0 Å². The first-order chi connectivity index (χ1) is 6.84. The van der Waals surface area contributed by atoms with Gasteiger partial charge in [-0.2, -0.15) is 0 Å². The molecule has 0 amide bonds. The van der Waals surface area contributed by atoms with E-state index in [1.807, 2.05) is 0 Å². The molecule has 2 aliphatic rings. The zero-order valence-electron chi connectivity index (χ0n) is 9.60. The van der Waals surface area contributed by atoms with Crippen molar-refractivity contribution in [2.75, 3.05) is 6.54 Å². The van der Waals surface area contributed by atoms with Gasteiger partial charge < -0.3 is 5.32 Å². The van der Waals surface area contributed by atoms with Crippen LogP contribution in [0.5, 0.6) is 0 Å². The van der Waals surface area contributed by atoms with Crippen molar-refractivity contribution in [3.63, 3.8) is 0 Å². The lowest BCUT2D eigenvalue weighted by Gasteiger charge is -2.16. The third-order valence-corrected chi connectivity index (χ3v) is 3.94. The van der Waals surface area contributed by atoms with Crippen LogP contribution in [0.1, 0.15) is 58.3 Å². The highest BCUT2D eigenvalue weighted by Gasteiger charge is 2.21. The molecule has 2 aliphatic carbocycles. The first kappa shape index (κ1) is 10.5. The van der Waals surface area contributed by atoms with Crippen LogP contribution < -0.4 is 5.32 Å². The number of rotatable bonds is 4. The van der Waals surface area contributed by atoms with Gasteiger partial charge >= 0.3 is 0 Å². The summed E-state index contributed by atoms with van der Waals surface area (Å²) in [5.74, 6) is 2.07. The van der Waals surface area contributed by atoms with Crippen LogP contribution in [0.25, 0.3) is 0 Å². The van der Waals surface area contributed by atoms with Gasteiger partial charge in [-0.25, -0.2) is 0 Å². The Morgan fingerprint density at radius 2 is 1.86 bits per heavy atom. The van der Waals surface area contributed by atoms with Gasteiger partial charge in [-0.3, -0.25) is 0 Å². The fourth-order valence-corrected chi connectivity index (χ4v) is 2.59. The van der Waals surface area contributed by atoms with Gasteiger partial charge in [0, 0.05) is 6.04 Å². The van der Waals surface area contributed by atoms with E-state index < -0.39 is 0 Å². The van der Waals surface area contributed by atoms with Crippen LogP contribution >= 0.6 is 0 Å². The van der Waals surface area contributed by atoms with Gasteiger partial charge in [-0.15, -0.1) is 0 Å². The molecule has 14 heavy (non-hydrogen) atoms. The average molecular weight is 195 g/mol. The van der Waals surface area contributed by atoms with E-state index in [1.165, 1.54) is 57.9 Å². The van der Waals surface area contributed by atoms with E-state index in [-0.39, 0.29) is 0 Å². The Kier molecular flexibility index (Phi) is 3.86. The van der Waals surface area contributed by atoms with Crippen LogP contribution in [0.15, 0.2) is 0 Å². The molecule has 0 heterocycles. The van der Waals surface area contributed by atoms with Crippen molar-refractivity contribution in [2.45, 2.75) is 64.3 Å². The molecule has 2 atom stereocenters. The Labute approximate surface area is 88.7 Å². The first-order valence-corrected chi connectivity index (χ1v) is 6.58. The highest BCUT2D eigenvalue weighted by atomic mass is 14.9. The van der Waals surface area contributed by atoms with Crippen LogP contribution in [0.4, 0.5) is 0 Å². The molecular weight excluding hydrogens is 170 g/mol. The van der Waals surface area contributed by atoms with E-state index >= 15 is 0 Å². The smallest absolute Gasteiger partial charge is 0.00671 e. The molecule has 82 valence electrons. The molecule has 0 aromatic carbocycles. The Bertz CT molecular complexity index is 163. The normalized spacial score (nSPS) is 34.1. The second-order valence-electron chi connectivity index (χ2n) is 5.50. The Morgan fingerprint density at radius 3 is 2.64 bits per heavy atom. The predicted octanol–water partition coefficient (Wildman–Crippen LogP) is 3.34. The molecule has 2 saturated carbocycles. The summed E-state index contributed by atoms with van der Waals surface area (Å²) in [6.07, 6.45) is 11.6. The molecule has 0 saturated heterocycles. The van der Waals surface area contributed by atoms with E-state index in [0.29, 0.717) is 0 Å². The van der Waals surface area contributed by atoms with Crippen LogP contribution in [0, 0.1) is 11.8 Å². The summed E-state index contributed by atoms with van der Waals surface area (Å²) in [7, 11) is 0. The molecule has 0 aliphatic heterocycles. The molecule has 0 aromatic rings. The van der Waals surface area contributed by atoms with Gasteiger partial charge in [0.25, 0.3) is 0 Å². The summed E-state index contributed by atoms with van der Waals surface area (Å²) in [6.45, 7) is 3.69. The van der Waals surface area contributed by atoms with E-state index in [1.54, 1.807) is 0 Å². The fraction of sp³-hybridized carbons (Fsp3) is 1.00. The Balaban J connectivity index is 1.58. The second kappa shape index (κ2) is 5.16. The minimum absolute atomic E-state index is 0.846. The van der Waals surface area contributed by atoms with Crippen molar-refractivity contribution in [2.24, 2.45) is 11.8 Å². The second-order valence-corrected chi connectivity index (χ2v) is 5.50. The molecule has 0 radical (unpaired) electrons. The number of nitrogens with one attached hydrogen (secondary N) is 1. The van der Waals surface area contributed by atoms with E-state index in [0.717, 1.165) is 17.9 Å². The van der Waals surface area contributed by atoms with E-state index in [9.17, 15) is 0 Å². The van der Waals surface area contributed by atoms with Crippen LogP contribution in [0.3, 0.4) is 0 Å². The fourth-order valence-electron chi connectivity index (χ4n) is 2.59. The van der Waals surface area contributed by atoms with Gasteiger partial charge in [0.2, 0.25) is 0 Å². The SMILES string of the molecule is CC1CCCC(NCCC2CC2)CC1. The summed E-state index contributed by atoms with van der Waals surface area (Å²) in [5, 5.41) is 3.75. The Morgan fingerprint density at radius 1 is 1.00 bits per heavy atom. The summed E-state index contributed by atoms with van der Waals surface area (Å²) in [4.78, 5) is 0. The molecule has 2 fully saturated rings. The van der Waals surface area contributed by atoms with Crippen LogP contribution in [0.2, 0.25) is 0 Å². The third kappa shape index (κ3) is 3.61. The van der Waals surface area contributed by atoms with Crippen molar-refractivity contribution in [3.05, 3.63) is 0 Å². The minimum atomic E-state index is 0.846. The van der Waals surface area contributed by atoms with Gasteiger partial charge in [-0.1, -0.05) is 32.6 Å². The summed E-state index contributed by atoms with van der Waals surface area (Å²) in [5.41, 5.74) is 0. The highest BCUT2D eigenvalue weighted by Crippen LogP contribution is 2.32. The number of hydrogen-bond donors (Lipinski definition) is 1. The Hall–Kier alpha value is -0.0400. The zero-order valence-corrected chi connectivity index (χ0v) is 9.60. The monoisotopic (exact) mass is 195 g/mol. The molecule has 0 aromatic heterocycles. The first-order valence-electron chi connectivity index (χ1n) is 6.58. The standard InChI is InChI=1S/C13H25N/c1-11-3-2-4-13(8-5-11)14-10-9-12-6-7-12/h11-14H,2-10H2,1H3. The highest BCUT2D eigenvalue weighted by molar-refractivity contribution is 4.77. The molecule has 0 spiro atoms. The van der Waals surface area contributed by atoms with Crippen molar-refractivity contribution in [1.82, 2.24) is 5.32 Å². The maximum absolute atomic E-state index is 3.75. The minimum Gasteiger partial charge on any atom is -0.314 e. The summed E-state index contributed by atoms with van der Waals surface area (Å²) in [6, 6.07) is 0.846. The lowest BCUT2D eigenvalue weighted by Crippen LogP contribution is -2.29. The van der Waals surface area contributed by atoms with Gasteiger partial charge in [-0.05, 0) is 44.1 Å². The summed E-state index contributed by atoms with van der Waals surface area (Å²) >= 11 is 0. The largest absolute Gasteiger partial charge is 0.314 e. The predicted molar refractivity (Wildman–Crippen MR) is 61.4 cm³/mol. The molecule has 1 N–H and O–H groups in total. The van der Waals surface area contributed by atoms with Crippen molar-refractivity contribution in [1.29, 1.82) is 0 Å². The molecule has 1 heteroatoms. The summed E-state index contributed by atoms with van der Waals surface area (Å²) < 4.78 is 0. The van der Waals surface area contributed by atoms with Crippen molar-refractivity contribution in [3.8, 4) is 0 Å². The quantitative estimate of drug-likeness (QED) is 0.678. The molecule has 1 nitrogen and oxygen atoms in total. The maximum atomic E-state index is 3.75. The van der Waals surface area contributed by atoms with Gasteiger partial charge in [0.1, 0.15) is 0 Å². The van der Waals surface area contributed by atoms with Crippen molar-refractivity contribution < 1.29 is 0 Å². The van der Waals surface area contributed by atoms with Crippen molar-refractivity contribution >= 4 is 0 Å². The van der Waals surface area contributed by atoms with Gasteiger partial charge in [0.05, 0.1) is 0 Å². The average Bonchev–Trinajstić information content (AvgIpc) is 2.96. The van der Waals surface area contributed by atoms with Crippen LogP contribution in [-0.4, -0.2) is 12.6 Å². The zero-order chi connectivity index (χ0) is 9.80. The molecule has 0 bridgehead atoms. The molecular formula is C13H25N. The lowest BCUT2D eigenvalue weighted by molar-refractivity contribution is 0.439. The maximum Gasteiger partial charge on any atom is 0.00671 e. The number of hydrogen-bond acceptors (Lipinski definition) is 1. The molecule has 2 rings (SSSR count). The van der Waals surface area contributed by atoms with E-state index in [4.69, 9.17) is 0 Å².